The molecule has 0 aromatic heterocycles. The molecule has 4 rings (SSSR count). The number of hydrogen-bond donors (Lipinski definition) is 0. The second kappa shape index (κ2) is 11.8. The van der Waals surface area contributed by atoms with Gasteiger partial charge in [-0.15, -0.1) is 0 Å². The van der Waals surface area contributed by atoms with Gasteiger partial charge in [0.15, 0.2) is 23.7 Å². The number of alkyl halides is 3. The average Bonchev–Trinajstić information content (AvgIpc) is 2.85. The largest absolute Gasteiger partial charge is 0.488 e. The Morgan fingerprint density at radius 2 is 1.46 bits per heavy atom. The highest BCUT2D eigenvalue weighted by Gasteiger charge is 2.41. The van der Waals surface area contributed by atoms with E-state index in [0.29, 0.717) is 43.0 Å². The Morgan fingerprint density at radius 1 is 0.846 bits per heavy atom. The standard InChI is InChI=1S/C27H22F8O4/c1-14-12-37-26(38-13-14)15-3-4-18(19(29)7-15)16-8-20(30)24(21(31)9-16)27(34,35)39-17-10-22(32)25(23(33)11-17)36-6-2-5-28/h3-4,7-11,14,26H,2,5-6,12-13H2,1H3. The Hall–Kier alpha value is -3.38. The Balaban J connectivity index is 1.56. The molecular weight excluding hydrogens is 540 g/mol. The van der Waals surface area contributed by atoms with E-state index in [2.05, 4.69) is 4.74 Å². The van der Waals surface area contributed by atoms with E-state index in [1.54, 1.807) is 0 Å². The molecule has 39 heavy (non-hydrogen) atoms. The first-order chi connectivity index (χ1) is 18.5. The summed E-state index contributed by atoms with van der Waals surface area (Å²) in [6, 6.07) is 5.26. The van der Waals surface area contributed by atoms with Crippen molar-refractivity contribution in [2.24, 2.45) is 5.92 Å². The van der Waals surface area contributed by atoms with Gasteiger partial charge in [0.25, 0.3) is 0 Å². The molecule has 210 valence electrons. The van der Waals surface area contributed by atoms with Crippen molar-refractivity contribution in [3.63, 3.8) is 0 Å². The summed E-state index contributed by atoms with van der Waals surface area (Å²) >= 11 is 0. The van der Waals surface area contributed by atoms with Crippen LogP contribution in [0.15, 0.2) is 42.5 Å². The van der Waals surface area contributed by atoms with Crippen LogP contribution in [-0.4, -0.2) is 26.5 Å². The number of ether oxygens (including phenoxy) is 4. The summed E-state index contributed by atoms with van der Waals surface area (Å²) in [6.07, 6.45) is -5.72. The fraction of sp³-hybridized carbons (Fsp3) is 0.333. The van der Waals surface area contributed by atoms with E-state index in [0.717, 1.165) is 6.07 Å². The number of halogens is 8. The smallest absolute Gasteiger partial charge is 0.432 e. The first kappa shape index (κ1) is 28.6. The number of hydrogen-bond acceptors (Lipinski definition) is 4. The van der Waals surface area contributed by atoms with Crippen molar-refractivity contribution in [1.29, 1.82) is 0 Å². The zero-order valence-corrected chi connectivity index (χ0v) is 20.4. The molecule has 0 amide bonds. The van der Waals surface area contributed by atoms with Gasteiger partial charge in [0.1, 0.15) is 28.8 Å². The van der Waals surface area contributed by atoms with Crippen LogP contribution < -0.4 is 9.47 Å². The SMILES string of the molecule is CC1COC(c2ccc(-c3cc(F)c(C(F)(F)Oc4cc(F)c(OCCCF)c(F)c4)c(F)c3)c(F)c2)OC1. The molecule has 1 aliphatic rings. The van der Waals surface area contributed by atoms with Gasteiger partial charge in [0.05, 0.1) is 26.5 Å². The summed E-state index contributed by atoms with van der Waals surface area (Å²) in [5.74, 6) is -9.29. The molecule has 12 heteroatoms. The lowest BCUT2D eigenvalue weighted by molar-refractivity contribution is -0.202. The molecule has 1 heterocycles. The van der Waals surface area contributed by atoms with Gasteiger partial charge in [0.2, 0.25) is 0 Å². The highest BCUT2D eigenvalue weighted by molar-refractivity contribution is 5.65. The fourth-order valence-electron chi connectivity index (χ4n) is 3.87. The van der Waals surface area contributed by atoms with Crippen LogP contribution in [0, 0.1) is 35.0 Å². The van der Waals surface area contributed by atoms with Crippen molar-refractivity contribution < 1.29 is 54.1 Å². The highest BCUT2D eigenvalue weighted by Crippen LogP contribution is 2.39. The van der Waals surface area contributed by atoms with Crippen LogP contribution in [0.5, 0.6) is 11.5 Å². The van der Waals surface area contributed by atoms with Gasteiger partial charge in [-0.05, 0) is 23.8 Å². The van der Waals surface area contributed by atoms with Crippen LogP contribution in [-0.2, 0) is 15.6 Å². The molecule has 0 bridgehead atoms. The molecule has 0 spiro atoms. The van der Waals surface area contributed by atoms with Gasteiger partial charge in [-0.25, -0.2) is 22.0 Å². The first-order valence-electron chi connectivity index (χ1n) is 11.8. The molecular formula is C27H22F8O4. The minimum atomic E-state index is -4.72. The van der Waals surface area contributed by atoms with Crippen LogP contribution >= 0.6 is 0 Å². The van der Waals surface area contributed by atoms with E-state index in [1.807, 2.05) is 6.92 Å². The minimum Gasteiger partial charge on any atom is -0.488 e. The fourth-order valence-corrected chi connectivity index (χ4v) is 3.87. The van der Waals surface area contributed by atoms with Gasteiger partial charge in [-0.2, -0.15) is 8.78 Å². The predicted octanol–water partition coefficient (Wildman–Crippen LogP) is 7.60. The lowest BCUT2D eigenvalue weighted by Crippen LogP contribution is -2.25. The molecule has 0 saturated carbocycles. The van der Waals surface area contributed by atoms with Crippen molar-refractivity contribution in [3.05, 3.63) is 82.7 Å². The van der Waals surface area contributed by atoms with E-state index in [9.17, 15) is 35.1 Å². The monoisotopic (exact) mass is 562 g/mol. The second-order valence-electron chi connectivity index (χ2n) is 8.88. The Labute approximate surface area is 218 Å². The number of rotatable bonds is 9. The van der Waals surface area contributed by atoms with Gasteiger partial charge in [0, 0.05) is 35.6 Å². The van der Waals surface area contributed by atoms with Crippen LogP contribution in [0.4, 0.5) is 35.1 Å². The van der Waals surface area contributed by atoms with Crippen molar-refractivity contribution in [1.82, 2.24) is 0 Å². The average molecular weight is 562 g/mol. The van der Waals surface area contributed by atoms with Gasteiger partial charge in [-0.3, -0.25) is 4.39 Å². The van der Waals surface area contributed by atoms with E-state index >= 15 is 0 Å². The Bertz CT molecular complexity index is 1280. The molecule has 1 saturated heterocycles. The summed E-state index contributed by atoms with van der Waals surface area (Å²) < 4.78 is 134. The third-order valence-corrected chi connectivity index (χ3v) is 5.72. The maximum atomic E-state index is 14.8. The third kappa shape index (κ3) is 6.44. The quantitative estimate of drug-likeness (QED) is 0.199. The molecule has 3 aromatic carbocycles. The van der Waals surface area contributed by atoms with Gasteiger partial charge >= 0.3 is 6.11 Å². The first-order valence-corrected chi connectivity index (χ1v) is 11.8. The lowest BCUT2D eigenvalue weighted by atomic mass is 10.00. The molecule has 4 nitrogen and oxygen atoms in total. The van der Waals surface area contributed by atoms with E-state index in [4.69, 9.17) is 14.2 Å². The molecule has 0 N–H and O–H groups in total. The van der Waals surface area contributed by atoms with Crippen LogP contribution in [0.3, 0.4) is 0 Å². The van der Waals surface area contributed by atoms with E-state index < -0.39 is 65.2 Å². The highest BCUT2D eigenvalue weighted by atomic mass is 19.3. The molecule has 1 aliphatic heterocycles. The van der Waals surface area contributed by atoms with Gasteiger partial charge in [-0.1, -0.05) is 19.1 Å². The van der Waals surface area contributed by atoms with E-state index in [1.165, 1.54) is 12.1 Å². The summed E-state index contributed by atoms with van der Waals surface area (Å²) in [6.45, 7) is 1.49. The Kier molecular flexibility index (Phi) is 8.65. The lowest BCUT2D eigenvalue weighted by Gasteiger charge is -2.27. The summed E-state index contributed by atoms with van der Waals surface area (Å²) in [4.78, 5) is 0. The normalized spacial score (nSPS) is 17.8. The third-order valence-electron chi connectivity index (χ3n) is 5.72. The molecule has 0 aliphatic carbocycles. The van der Waals surface area contributed by atoms with Crippen molar-refractivity contribution >= 4 is 0 Å². The van der Waals surface area contributed by atoms with Crippen LogP contribution in [0.2, 0.25) is 0 Å². The van der Waals surface area contributed by atoms with Crippen LogP contribution in [0.1, 0.15) is 30.8 Å². The molecule has 0 radical (unpaired) electrons. The van der Waals surface area contributed by atoms with Crippen molar-refractivity contribution in [3.8, 4) is 22.6 Å². The predicted molar refractivity (Wildman–Crippen MR) is 123 cm³/mol. The van der Waals surface area contributed by atoms with Crippen LogP contribution in [0.25, 0.3) is 11.1 Å². The maximum Gasteiger partial charge on any atom is 0.432 e. The van der Waals surface area contributed by atoms with Gasteiger partial charge < -0.3 is 18.9 Å². The molecule has 1 fully saturated rings. The molecule has 3 aromatic rings. The summed E-state index contributed by atoms with van der Waals surface area (Å²) in [5, 5.41) is 0. The molecule has 0 unspecified atom stereocenters. The van der Waals surface area contributed by atoms with Crippen molar-refractivity contribution in [2.75, 3.05) is 26.5 Å². The molecule has 0 atom stereocenters. The Morgan fingerprint density at radius 3 is 2.03 bits per heavy atom. The maximum absolute atomic E-state index is 14.8. The zero-order valence-electron chi connectivity index (χ0n) is 20.4. The second-order valence-corrected chi connectivity index (χ2v) is 8.88. The summed E-state index contributed by atoms with van der Waals surface area (Å²) in [5.41, 5.74) is -2.21. The number of benzene rings is 3. The van der Waals surface area contributed by atoms with E-state index in [-0.39, 0.29) is 30.1 Å². The zero-order chi connectivity index (χ0) is 28.3. The summed E-state index contributed by atoms with van der Waals surface area (Å²) in [7, 11) is 0. The topological polar surface area (TPSA) is 36.9 Å². The minimum absolute atomic E-state index is 0.154. The van der Waals surface area contributed by atoms with Crippen molar-refractivity contribution in [2.45, 2.75) is 25.7 Å².